The molecule has 1 heterocycles. The number of carbonyl (C=O) groups excluding carboxylic acids is 1. The van der Waals surface area contributed by atoms with Crippen molar-refractivity contribution in [3.63, 3.8) is 0 Å². The first kappa shape index (κ1) is 13.1. The minimum atomic E-state index is 0.304. The Morgan fingerprint density at radius 3 is 2.88 bits per heavy atom. The van der Waals surface area contributed by atoms with E-state index in [2.05, 4.69) is 20.9 Å². The van der Waals surface area contributed by atoms with Gasteiger partial charge < -0.3 is 0 Å². The van der Waals surface area contributed by atoms with Gasteiger partial charge >= 0.3 is 0 Å². The average Bonchev–Trinajstić information content (AvgIpc) is 2.38. The van der Waals surface area contributed by atoms with Crippen molar-refractivity contribution in [2.45, 2.75) is 37.1 Å². The second-order valence-electron chi connectivity index (χ2n) is 4.38. The Morgan fingerprint density at radius 1 is 1.41 bits per heavy atom. The summed E-state index contributed by atoms with van der Waals surface area (Å²) in [6, 6.07) is 3.84. The molecule has 17 heavy (non-hydrogen) atoms. The molecular formula is C13H16BrNOS. The second-order valence-corrected chi connectivity index (χ2v) is 6.20. The van der Waals surface area contributed by atoms with Crippen LogP contribution in [0.5, 0.6) is 0 Å². The number of hydrogen-bond acceptors (Lipinski definition) is 3. The van der Waals surface area contributed by atoms with Crippen molar-refractivity contribution in [1.29, 1.82) is 0 Å². The van der Waals surface area contributed by atoms with Crippen LogP contribution in [-0.4, -0.2) is 16.5 Å². The molecule has 0 radical (unpaired) electrons. The third kappa shape index (κ3) is 3.81. The van der Waals surface area contributed by atoms with Crippen molar-refractivity contribution in [2.75, 3.05) is 5.75 Å². The lowest BCUT2D eigenvalue weighted by Crippen LogP contribution is -2.19. The zero-order valence-electron chi connectivity index (χ0n) is 9.69. The van der Waals surface area contributed by atoms with Crippen LogP contribution in [-0.2, 0) is 4.79 Å². The van der Waals surface area contributed by atoms with Crippen LogP contribution in [0, 0.1) is 5.92 Å². The van der Waals surface area contributed by atoms with Gasteiger partial charge in [0.05, 0.1) is 5.75 Å². The van der Waals surface area contributed by atoms with Crippen molar-refractivity contribution in [3.05, 3.63) is 22.8 Å². The Kier molecular flexibility index (Phi) is 5.04. The van der Waals surface area contributed by atoms with Crippen molar-refractivity contribution < 1.29 is 4.79 Å². The van der Waals surface area contributed by atoms with Gasteiger partial charge in [-0.25, -0.2) is 4.98 Å². The molecule has 2 nitrogen and oxygen atoms in total. The number of carbonyl (C=O) groups is 1. The summed E-state index contributed by atoms with van der Waals surface area (Å²) in [6.45, 7) is 0. The maximum Gasteiger partial charge on any atom is 0.146 e. The fourth-order valence-electron chi connectivity index (χ4n) is 2.16. The van der Waals surface area contributed by atoms with Crippen LogP contribution in [0.15, 0.2) is 27.8 Å². The molecule has 4 heteroatoms. The number of nitrogens with zero attached hydrogens (tertiary/aromatic N) is 1. The van der Waals surface area contributed by atoms with Gasteiger partial charge in [-0.2, -0.15) is 0 Å². The highest BCUT2D eigenvalue weighted by molar-refractivity contribution is 9.10. The summed E-state index contributed by atoms with van der Waals surface area (Å²) >= 11 is 4.99. The molecule has 0 aromatic carbocycles. The Balaban J connectivity index is 1.85. The van der Waals surface area contributed by atoms with Crippen LogP contribution >= 0.6 is 27.7 Å². The third-order valence-electron chi connectivity index (χ3n) is 3.14. The maximum atomic E-state index is 12.0. The van der Waals surface area contributed by atoms with Gasteiger partial charge in [0.15, 0.2) is 0 Å². The molecule has 0 spiro atoms. The first-order valence-corrected chi connectivity index (χ1v) is 7.81. The lowest BCUT2D eigenvalue weighted by atomic mass is 9.87. The number of ketones is 1. The smallest absolute Gasteiger partial charge is 0.146 e. The van der Waals surface area contributed by atoms with E-state index in [1.54, 1.807) is 18.0 Å². The van der Waals surface area contributed by atoms with Gasteiger partial charge in [0.1, 0.15) is 10.8 Å². The van der Waals surface area contributed by atoms with E-state index in [1.165, 1.54) is 19.3 Å². The molecular weight excluding hydrogens is 298 g/mol. The molecule has 2 rings (SSSR count). The molecule has 0 aliphatic heterocycles. The Hall–Kier alpha value is -0.350. The standard InChI is InChI=1S/C13H16BrNOS/c14-11-7-4-8-15-13(11)17-9-12(16)10-5-2-1-3-6-10/h4,7-8,10H,1-3,5-6,9H2. The monoisotopic (exact) mass is 313 g/mol. The number of rotatable bonds is 4. The maximum absolute atomic E-state index is 12.0. The fraction of sp³-hybridized carbons (Fsp3) is 0.538. The highest BCUT2D eigenvalue weighted by atomic mass is 79.9. The van der Waals surface area contributed by atoms with Gasteiger partial charge in [0, 0.05) is 16.6 Å². The van der Waals surface area contributed by atoms with E-state index in [9.17, 15) is 4.79 Å². The summed E-state index contributed by atoms with van der Waals surface area (Å²) in [4.78, 5) is 16.3. The summed E-state index contributed by atoms with van der Waals surface area (Å²) < 4.78 is 0.974. The number of thioether (sulfide) groups is 1. The first-order valence-electron chi connectivity index (χ1n) is 6.03. The normalized spacial score (nSPS) is 17.0. The van der Waals surface area contributed by atoms with E-state index in [0.29, 0.717) is 17.5 Å². The van der Waals surface area contributed by atoms with Gasteiger partial charge in [-0.3, -0.25) is 4.79 Å². The lowest BCUT2D eigenvalue weighted by Gasteiger charge is -2.19. The molecule has 1 aliphatic carbocycles. The van der Waals surface area contributed by atoms with Crippen molar-refractivity contribution in [1.82, 2.24) is 4.98 Å². The predicted octanol–water partition coefficient (Wildman–Crippen LogP) is 4.09. The molecule has 92 valence electrons. The summed E-state index contributed by atoms with van der Waals surface area (Å²) in [7, 11) is 0. The van der Waals surface area contributed by atoms with Crippen LogP contribution in [0.4, 0.5) is 0 Å². The Labute approximate surface area is 115 Å². The van der Waals surface area contributed by atoms with Gasteiger partial charge in [-0.05, 0) is 40.9 Å². The molecule has 1 aromatic heterocycles. The zero-order chi connectivity index (χ0) is 12.1. The molecule has 0 bridgehead atoms. The quantitative estimate of drug-likeness (QED) is 0.784. The molecule has 0 unspecified atom stereocenters. The van der Waals surface area contributed by atoms with Crippen LogP contribution < -0.4 is 0 Å². The number of hydrogen-bond donors (Lipinski definition) is 0. The summed E-state index contributed by atoms with van der Waals surface area (Å²) in [5, 5.41) is 0.914. The number of halogens is 1. The first-order chi connectivity index (χ1) is 8.27. The predicted molar refractivity (Wildman–Crippen MR) is 74.2 cm³/mol. The number of Topliss-reactive ketones (excluding diaryl/α,β-unsaturated/α-hetero) is 1. The van der Waals surface area contributed by atoms with Crippen molar-refractivity contribution >= 4 is 33.5 Å². The SMILES string of the molecule is O=C(CSc1ncccc1Br)C1CCCCC1. The van der Waals surface area contributed by atoms with E-state index >= 15 is 0 Å². The largest absolute Gasteiger partial charge is 0.298 e. The topological polar surface area (TPSA) is 30.0 Å². The van der Waals surface area contributed by atoms with Crippen LogP contribution in [0.3, 0.4) is 0 Å². The van der Waals surface area contributed by atoms with E-state index in [1.807, 2.05) is 12.1 Å². The third-order valence-corrected chi connectivity index (χ3v) is 5.07. The van der Waals surface area contributed by atoms with E-state index < -0.39 is 0 Å². The van der Waals surface area contributed by atoms with Gasteiger partial charge in [0.2, 0.25) is 0 Å². The minimum absolute atomic E-state index is 0.304. The van der Waals surface area contributed by atoms with Gasteiger partial charge in [-0.15, -0.1) is 0 Å². The Morgan fingerprint density at radius 2 is 2.18 bits per heavy atom. The van der Waals surface area contributed by atoms with Crippen molar-refractivity contribution in [2.24, 2.45) is 5.92 Å². The molecule has 1 aromatic rings. The molecule has 1 fully saturated rings. The summed E-state index contributed by atoms with van der Waals surface area (Å²) in [5.41, 5.74) is 0. The summed E-state index contributed by atoms with van der Waals surface area (Å²) in [6.07, 6.45) is 7.66. The highest BCUT2D eigenvalue weighted by Gasteiger charge is 2.21. The van der Waals surface area contributed by atoms with Crippen LogP contribution in [0.25, 0.3) is 0 Å². The fourth-order valence-corrected chi connectivity index (χ4v) is 3.61. The molecule has 0 amide bonds. The Bertz CT molecular complexity index is 391. The van der Waals surface area contributed by atoms with Gasteiger partial charge in [0.25, 0.3) is 0 Å². The van der Waals surface area contributed by atoms with Crippen LogP contribution in [0.2, 0.25) is 0 Å². The average molecular weight is 314 g/mol. The summed E-state index contributed by atoms with van der Waals surface area (Å²) in [5.74, 6) is 1.26. The van der Waals surface area contributed by atoms with Crippen LogP contribution in [0.1, 0.15) is 32.1 Å². The lowest BCUT2D eigenvalue weighted by molar-refractivity contribution is -0.121. The highest BCUT2D eigenvalue weighted by Crippen LogP contribution is 2.29. The van der Waals surface area contributed by atoms with E-state index in [-0.39, 0.29) is 0 Å². The molecule has 0 N–H and O–H groups in total. The minimum Gasteiger partial charge on any atom is -0.298 e. The van der Waals surface area contributed by atoms with E-state index in [0.717, 1.165) is 22.3 Å². The second kappa shape index (κ2) is 6.55. The van der Waals surface area contributed by atoms with Crippen molar-refractivity contribution in [3.8, 4) is 0 Å². The molecule has 0 atom stereocenters. The molecule has 1 aliphatic rings. The number of aromatic nitrogens is 1. The number of pyridine rings is 1. The molecule has 0 saturated heterocycles. The van der Waals surface area contributed by atoms with Gasteiger partial charge in [-0.1, -0.05) is 31.0 Å². The zero-order valence-corrected chi connectivity index (χ0v) is 12.1. The van der Waals surface area contributed by atoms with E-state index in [4.69, 9.17) is 0 Å². The molecule has 1 saturated carbocycles.